The predicted molar refractivity (Wildman–Crippen MR) is 116 cm³/mol. The van der Waals surface area contributed by atoms with E-state index in [2.05, 4.69) is 36.1 Å². The fourth-order valence-electron chi connectivity index (χ4n) is 4.48. The topological polar surface area (TPSA) is 32.8 Å². The van der Waals surface area contributed by atoms with Crippen LogP contribution in [0.5, 0.6) is 5.75 Å². The molecule has 2 aromatic rings. The lowest BCUT2D eigenvalue weighted by atomic mass is 9.95. The highest BCUT2D eigenvalue weighted by Gasteiger charge is 2.30. The fraction of sp³-hybridized carbons (Fsp3) is 0.480. The van der Waals surface area contributed by atoms with Gasteiger partial charge in [0.2, 0.25) is 0 Å². The molecule has 0 aliphatic carbocycles. The summed E-state index contributed by atoms with van der Waals surface area (Å²) in [7, 11) is 0. The van der Waals surface area contributed by atoms with E-state index in [0.717, 1.165) is 69.8 Å². The molecule has 0 N–H and O–H groups in total. The van der Waals surface area contributed by atoms with Crippen LogP contribution in [0.3, 0.4) is 0 Å². The van der Waals surface area contributed by atoms with Gasteiger partial charge in [-0.15, -0.1) is 0 Å². The van der Waals surface area contributed by atoms with E-state index in [1.54, 1.807) is 0 Å². The van der Waals surface area contributed by atoms with Crippen molar-refractivity contribution in [3.63, 3.8) is 0 Å². The highest BCUT2D eigenvalue weighted by molar-refractivity contribution is 5.94. The number of hydrogen-bond acceptors (Lipinski definition) is 3. The van der Waals surface area contributed by atoms with Gasteiger partial charge in [0.15, 0.2) is 0 Å². The normalized spacial score (nSPS) is 19.6. The number of carbonyl (C=O) groups is 1. The highest BCUT2D eigenvalue weighted by Crippen LogP contribution is 2.25. The summed E-state index contributed by atoms with van der Waals surface area (Å²) in [5.74, 6) is 0.991. The van der Waals surface area contributed by atoms with Gasteiger partial charge in [0, 0.05) is 37.8 Å². The predicted octanol–water partition coefficient (Wildman–Crippen LogP) is 4.53. The van der Waals surface area contributed by atoms with E-state index >= 15 is 0 Å². The Kier molecular flexibility index (Phi) is 6.50. The number of likely N-dealkylation sites (tertiary alicyclic amines) is 1. The minimum atomic E-state index is 0.146. The van der Waals surface area contributed by atoms with Crippen LogP contribution in [0.2, 0.25) is 0 Å². The van der Waals surface area contributed by atoms with Gasteiger partial charge in [-0.2, -0.15) is 0 Å². The molecule has 4 rings (SSSR count). The van der Waals surface area contributed by atoms with Crippen molar-refractivity contribution in [1.29, 1.82) is 0 Å². The number of ether oxygens (including phenoxy) is 1. The van der Waals surface area contributed by atoms with Crippen LogP contribution in [0.4, 0.5) is 0 Å². The third-order valence-electron chi connectivity index (χ3n) is 6.23. The maximum Gasteiger partial charge on any atom is 0.253 e. The molecule has 1 saturated heterocycles. The highest BCUT2D eigenvalue weighted by atomic mass is 16.5. The lowest BCUT2D eigenvalue weighted by molar-refractivity contribution is 0.0549. The summed E-state index contributed by atoms with van der Waals surface area (Å²) in [5.41, 5.74) is 3.69. The molecule has 2 heterocycles. The molecule has 2 aliphatic heterocycles. The second-order valence-corrected chi connectivity index (χ2v) is 8.26. The van der Waals surface area contributed by atoms with Crippen LogP contribution in [0, 0.1) is 0 Å². The van der Waals surface area contributed by atoms with Crippen molar-refractivity contribution in [3.8, 4) is 5.75 Å². The molecule has 0 saturated carbocycles. The number of carbonyl (C=O) groups excluding carboxylic acids is 1. The van der Waals surface area contributed by atoms with Crippen LogP contribution in [-0.4, -0.2) is 48.0 Å². The molecule has 1 fully saturated rings. The molecular formula is C25H32N2O2. The quantitative estimate of drug-likeness (QED) is 0.677. The molecule has 1 atom stereocenters. The fourth-order valence-corrected chi connectivity index (χ4v) is 4.48. The van der Waals surface area contributed by atoms with Gasteiger partial charge in [-0.25, -0.2) is 0 Å². The lowest BCUT2D eigenvalue weighted by Crippen LogP contribution is -2.51. The third kappa shape index (κ3) is 4.81. The van der Waals surface area contributed by atoms with Gasteiger partial charge in [-0.3, -0.25) is 9.69 Å². The number of amides is 1. The minimum absolute atomic E-state index is 0.146. The zero-order chi connectivity index (χ0) is 20.1. The van der Waals surface area contributed by atoms with E-state index in [1.165, 1.54) is 17.5 Å². The molecule has 0 radical (unpaired) electrons. The van der Waals surface area contributed by atoms with Crippen LogP contribution in [0.1, 0.15) is 54.1 Å². The molecule has 0 spiro atoms. The number of nitrogens with zero attached hydrogens (tertiary/aromatic N) is 2. The SMILES string of the molecule is CCCCOc1ccc(C(=O)N2CCC[C@H](N3CCc4ccccc4C3)C2)cc1. The molecule has 4 heteroatoms. The monoisotopic (exact) mass is 392 g/mol. The average molecular weight is 393 g/mol. The number of benzene rings is 2. The van der Waals surface area contributed by atoms with Crippen molar-refractivity contribution in [3.05, 3.63) is 65.2 Å². The molecule has 2 aromatic carbocycles. The van der Waals surface area contributed by atoms with E-state index in [1.807, 2.05) is 29.2 Å². The Morgan fingerprint density at radius 3 is 2.66 bits per heavy atom. The van der Waals surface area contributed by atoms with E-state index in [-0.39, 0.29) is 5.91 Å². The molecule has 0 bridgehead atoms. The Labute approximate surface area is 174 Å². The molecule has 0 aromatic heterocycles. The van der Waals surface area contributed by atoms with Crippen LogP contribution >= 0.6 is 0 Å². The summed E-state index contributed by atoms with van der Waals surface area (Å²) in [5, 5.41) is 0. The number of hydrogen-bond donors (Lipinski definition) is 0. The number of rotatable bonds is 6. The number of unbranched alkanes of at least 4 members (excludes halogenated alkanes) is 1. The Morgan fingerprint density at radius 2 is 1.86 bits per heavy atom. The summed E-state index contributed by atoms with van der Waals surface area (Å²) in [6.45, 7) is 6.67. The van der Waals surface area contributed by atoms with Crippen LogP contribution < -0.4 is 4.74 Å². The van der Waals surface area contributed by atoms with Gasteiger partial charge in [0.1, 0.15) is 5.75 Å². The van der Waals surface area contributed by atoms with Gasteiger partial charge in [-0.1, -0.05) is 37.6 Å². The van der Waals surface area contributed by atoms with E-state index < -0.39 is 0 Å². The molecule has 29 heavy (non-hydrogen) atoms. The summed E-state index contributed by atoms with van der Waals surface area (Å²) in [6.07, 6.45) is 5.54. The maximum atomic E-state index is 13.1. The Bertz CT molecular complexity index is 818. The smallest absolute Gasteiger partial charge is 0.253 e. The zero-order valence-corrected chi connectivity index (χ0v) is 17.5. The first-order valence-electron chi connectivity index (χ1n) is 11.1. The summed E-state index contributed by atoms with van der Waals surface area (Å²) in [6, 6.07) is 16.9. The second-order valence-electron chi connectivity index (χ2n) is 8.26. The van der Waals surface area contributed by atoms with Crippen molar-refractivity contribution in [2.75, 3.05) is 26.2 Å². The first-order chi connectivity index (χ1) is 14.2. The molecular weight excluding hydrogens is 360 g/mol. The average Bonchev–Trinajstić information content (AvgIpc) is 2.79. The van der Waals surface area contributed by atoms with Gasteiger partial charge >= 0.3 is 0 Å². The molecule has 4 nitrogen and oxygen atoms in total. The second kappa shape index (κ2) is 9.45. The summed E-state index contributed by atoms with van der Waals surface area (Å²) in [4.78, 5) is 17.7. The van der Waals surface area contributed by atoms with Gasteiger partial charge in [0.25, 0.3) is 5.91 Å². The van der Waals surface area contributed by atoms with E-state index in [4.69, 9.17) is 4.74 Å². The zero-order valence-electron chi connectivity index (χ0n) is 17.5. The van der Waals surface area contributed by atoms with Crippen molar-refractivity contribution < 1.29 is 9.53 Å². The Morgan fingerprint density at radius 1 is 1.07 bits per heavy atom. The molecule has 1 amide bonds. The van der Waals surface area contributed by atoms with Crippen LogP contribution in [-0.2, 0) is 13.0 Å². The van der Waals surface area contributed by atoms with Crippen LogP contribution in [0.15, 0.2) is 48.5 Å². The largest absolute Gasteiger partial charge is 0.494 e. The number of fused-ring (bicyclic) bond motifs is 1. The van der Waals surface area contributed by atoms with Crippen LogP contribution in [0.25, 0.3) is 0 Å². The maximum absolute atomic E-state index is 13.1. The third-order valence-corrected chi connectivity index (χ3v) is 6.23. The standard InChI is InChI=1S/C25H32N2O2/c1-2-3-17-29-24-12-10-21(11-13-24)25(28)27-15-6-9-23(19-27)26-16-14-20-7-4-5-8-22(20)18-26/h4-5,7-8,10-13,23H,2-3,6,9,14-19H2,1H3/t23-/m0/s1. The van der Waals surface area contributed by atoms with E-state index in [0.29, 0.717) is 6.04 Å². The van der Waals surface area contributed by atoms with Crippen molar-refractivity contribution in [2.24, 2.45) is 0 Å². The summed E-state index contributed by atoms with van der Waals surface area (Å²) >= 11 is 0. The van der Waals surface area contributed by atoms with Crippen molar-refractivity contribution >= 4 is 5.91 Å². The summed E-state index contributed by atoms with van der Waals surface area (Å²) < 4.78 is 5.72. The molecule has 154 valence electrons. The number of piperidine rings is 1. The lowest BCUT2D eigenvalue weighted by Gasteiger charge is -2.41. The molecule has 2 aliphatic rings. The first kappa shape index (κ1) is 20.0. The Balaban J connectivity index is 1.36. The first-order valence-corrected chi connectivity index (χ1v) is 11.1. The van der Waals surface area contributed by atoms with Gasteiger partial charge < -0.3 is 9.64 Å². The van der Waals surface area contributed by atoms with Gasteiger partial charge in [-0.05, 0) is 61.1 Å². The van der Waals surface area contributed by atoms with E-state index in [9.17, 15) is 4.79 Å². The Hall–Kier alpha value is -2.33. The van der Waals surface area contributed by atoms with Gasteiger partial charge in [0.05, 0.1) is 6.61 Å². The minimum Gasteiger partial charge on any atom is -0.494 e. The van der Waals surface area contributed by atoms with Crippen molar-refractivity contribution in [1.82, 2.24) is 9.80 Å². The molecule has 0 unspecified atom stereocenters. The van der Waals surface area contributed by atoms with Crippen molar-refractivity contribution in [2.45, 2.75) is 51.6 Å².